The lowest BCUT2D eigenvalue weighted by Gasteiger charge is -2.24. The Morgan fingerprint density at radius 1 is 1.43 bits per heavy atom. The topological polar surface area (TPSA) is 70.4 Å². The first-order valence-corrected chi connectivity index (χ1v) is 7.59. The van der Waals surface area contributed by atoms with Gasteiger partial charge in [0.25, 0.3) is 0 Å². The zero-order valence-electron chi connectivity index (χ0n) is 13.1. The molecule has 1 aromatic rings. The molecule has 0 aliphatic heterocycles. The molecule has 0 aromatic heterocycles. The number of urea groups is 1. The smallest absolute Gasteiger partial charge is 0.319 e. The van der Waals surface area contributed by atoms with Crippen LogP contribution >= 0.6 is 0 Å². The maximum Gasteiger partial charge on any atom is 0.319 e. The van der Waals surface area contributed by atoms with Crippen molar-refractivity contribution in [2.24, 2.45) is 5.73 Å². The highest BCUT2D eigenvalue weighted by Crippen LogP contribution is 2.26. The van der Waals surface area contributed by atoms with Gasteiger partial charge in [0, 0.05) is 30.4 Å². The van der Waals surface area contributed by atoms with Crippen molar-refractivity contribution >= 4 is 11.7 Å². The predicted molar refractivity (Wildman–Crippen MR) is 86.3 cm³/mol. The summed E-state index contributed by atoms with van der Waals surface area (Å²) >= 11 is 0. The van der Waals surface area contributed by atoms with Gasteiger partial charge in [-0.05, 0) is 51.4 Å². The minimum atomic E-state index is -0.173. The van der Waals surface area contributed by atoms with Gasteiger partial charge in [0.2, 0.25) is 0 Å². The number of likely N-dealkylation sites (N-methyl/N-ethyl adjacent to an activating group) is 1. The average Bonchev–Trinajstić information content (AvgIpc) is 3.28. The molecule has 0 heterocycles. The van der Waals surface area contributed by atoms with Crippen molar-refractivity contribution in [2.45, 2.75) is 44.8 Å². The normalized spacial score (nSPS) is 17.4. The highest BCUT2D eigenvalue weighted by atomic mass is 16.2. The third kappa shape index (κ3) is 4.72. The lowest BCUT2D eigenvalue weighted by molar-refractivity contribution is 0.229. The number of amides is 2. The minimum absolute atomic E-state index is 0.0398. The Labute approximate surface area is 126 Å². The molecule has 0 spiro atoms. The number of anilines is 1. The van der Waals surface area contributed by atoms with Crippen molar-refractivity contribution in [3.05, 3.63) is 29.8 Å². The lowest BCUT2D eigenvalue weighted by Crippen LogP contribution is -2.42. The van der Waals surface area contributed by atoms with Crippen LogP contribution in [0.5, 0.6) is 0 Å². The van der Waals surface area contributed by atoms with Gasteiger partial charge in [-0.3, -0.25) is 4.90 Å². The second-order valence-corrected chi connectivity index (χ2v) is 5.99. The predicted octanol–water partition coefficient (Wildman–Crippen LogP) is 2.31. The lowest BCUT2D eigenvalue weighted by atomic mass is 10.1. The summed E-state index contributed by atoms with van der Waals surface area (Å²) in [6.07, 6.45) is 2.55. The Morgan fingerprint density at radius 3 is 2.76 bits per heavy atom. The van der Waals surface area contributed by atoms with Gasteiger partial charge >= 0.3 is 6.03 Å². The SMILES string of the molecule is CC(N)c1cccc(NC(=O)NCC(C)N(C)C2CC2)c1. The molecule has 116 valence electrons. The summed E-state index contributed by atoms with van der Waals surface area (Å²) in [5.74, 6) is 0. The van der Waals surface area contributed by atoms with Gasteiger partial charge in [0.15, 0.2) is 0 Å². The summed E-state index contributed by atoms with van der Waals surface area (Å²) in [4.78, 5) is 14.3. The van der Waals surface area contributed by atoms with Crippen LogP contribution in [0.15, 0.2) is 24.3 Å². The molecule has 4 N–H and O–H groups in total. The number of benzene rings is 1. The van der Waals surface area contributed by atoms with E-state index in [0.717, 1.165) is 11.3 Å². The zero-order valence-corrected chi connectivity index (χ0v) is 13.1. The molecule has 1 fully saturated rings. The van der Waals surface area contributed by atoms with Crippen LogP contribution in [0.25, 0.3) is 0 Å². The van der Waals surface area contributed by atoms with Gasteiger partial charge in [0.05, 0.1) is 0 Å². The monoisotopic (exact) mass is 290 g/mol. The van der Waals surface area contributed by atoms with E-state index in [2.05, 4.69) is 29.5 Å². The highest BCUT2D eigenvalue weighted by Gasteiger charge is 2.29. The van der Waals surface area contributed by atoms with E-state index in [-0.39, 0.29) is 12.1 Å². The Morgan fingerprint density at radius 2 is 2.14 bits per heavy atom. The second-order valence-electron chi connectivity index (χ2n) is 5.99. The Kier molecular flexibility index (Phi) is 5.20. The van der Waals surface area contributed by atoms with Crippen LogP contribution in [0.2, 0.25) is 0 Å². The second kappa shape index (κ2) is 6.91. The van der Waals surface area contributed by atoms with Crippen LogP contribution in [0, 0.1) is 0 Å². The molecular weight excluding hydrogens is 264 g/mol. The van der Waals surface area contributed by atoms with Crippen LogP contribution < -0.4 is 16.4 Å². The first kappa shape index (κ1) is 15.8. The molecule has 1 aromatic carbocycles. The highest BCUT2D eigenvalue weighted by molar-refractivity contribution is 5.89. The van der Waals surface area contributed by atoms with E-state index in [0.29, 0.717) is 18.6 Å². The number of hydrogen-bond acceptors (Lipinski definition) is 3. The van der Waals surface area contributed by atoms with E-state index in [1.54, 1.807) is 0 Å². The maximum absolute atomic E-state index is 11.9. The summed E-state index contributed by atoms with van der Waals surface area (Å²) in [6.45, 7) is 4.70. The Hall–Kier alpha value is -1.59. The minimum Gasteiger partial charge on any atom is -0.336 e. The van der Waals surface area contributed by atoms with Crippen molar-refractivity contribution in [2.75, 3.05) is 18.9 Å². The van der Waals surface area contributed by atoms with Gasteiger partial charge in [0.1, 0.15) is 0 Å². The van der Waals surface area contributed by atoms with E-state index < -0.39 is 0 Å². The molecular formula is C16H26N4O. The third-order valence-corrected chi connectivity index (χ3v) is 4.05. The number of carbonyl (C=O) groups excluding carboxylic acids is 1. The van der Waals surface area contributed by atoms with Gasteiger partial charge in [-0.1, -0.05) is 12.1 Å². The third-order valence-electron chi connectivity index (χ3n) is 4.05. The quantitative estimate of drug-likeness (QED) is 0.753. The molecule has 1 saturated carbocycles. The fourth-order valence-corrected chi connectivity index (χ4v) is 2.30. The number of nitrogens with one attached hydrogen (secondary N) is 2. The van der Waals surface area contributed by atoms with Crippen LogP contribution in [0.1, 0.15) is 38.3 Å². The molecule has 1 aliphatic carbocycles. The van der Waals surface area contributed by atoms with Crippen LogP contribution in [-0.4, -0.2) is 36.6 Å². The number of carbonyl (C=O) groups is 1. The van der Waals surface area contributed by atoms with Crippen molar-refractivity contribution in [1.82, 2.24) is 10.2 Å². The van der Waals surface area contributed by atoms with Gasteiger partial charge in [-0.25, -0.2) is 4.79 Å². The largest absolute Gasteiger partial charge is 0.336 e. The molecule has 5 nitrogen and oxygen atoms in total. The first-order chi connectivity index (χ1) is 9.97. The maximum atomic E-state index is 11.9. The molecule has 1 aliphatic rings. The first-order valence-electron chi connectivity index (χ1n) is 7.59. The van der Waals surface area contributed by atoms with Crippen molar-refractivity contribution in [3.63, 3.8) is 0 Å². The molecule has 2 atom stereocenters. The number of rotatable bonds is 6. The van der Waals surface area contributed by atoms with Gasteiger partial charge in [-0.2, -0.15) is 0 Å². The fourth-order valence-electron chi connectivity index (χ4n) is 2.30. The molecule has 2 unspecified atom stereocenters. The summed E-state index contributed by atoms with van der Waals surface area (Å²) < 4.78 is 0. The van der Waals surface area contributed by atoms with Crippen LogP contribution in [-0.2, 0) is 0 Å². The summed E-state index contributed by atoms with van der Waals surface area (Å²) in [5, 5.41) is 5.77. The summed E-state index contributed by atoms with van der Waals surface area (Å²) in [5.41, 5.74) is 7.62. The molecule has 0 saturated heterocycles. The van der Waals surface area contributed by atoms with E-state index in [1.165, 1.54) is 12.8 Å². The molecule has 2 amide bonds. The molecule has 0 radical (unpaired) electrons. The number of nitrogens with zero attached hydrogens (tertiary/aromatic N) is 1. The van der Waals surface area contributed by atoms with Crippen molar-refractivity contribution in [1.29, 1.82) is 0 Å². The Balaban J connectivity index is 1.79. The molecule has 21 heavy (non-hydrogen) atoms. The fraction of sp³-hybridized carbons (Fsp3) is 0.562. The average molecular weight is 290 g/mol. The zero-order chi connectivity index (χ0) is 15.4. The van der Waals surface area contributed by atoms with Gasteiger partial charge < -0.3 is 16.4 Å². The van der Waals surface area contributed by atoms with E-state index >= 15 is 0 Å². The van der Waals surface area contributed by atoms with Crippen LogP contribution in [0.4, 0.5) is 10.5 Å². The van der Waals surface area contributed by atoms with Crippen LogP contribution in [0.3, 0.4) is 0 Å². The molecule has 2 rings (SSSR count). The number of hydrogen-bond donors (Lipinski definition) is 3. The number of nitrogens with two attached hydrogens (primary N) is 1. The molecule has 5 heteroatoms. The van der Waals surface area contributed by atoms with E-state index in [1.807, 2.05) is 31.2 Å². The summed E-state index contributed by atoms with van der Waals surface area (Å²) in [7, 11) is 2.12. The summed E-state index contributed by atoms with van der Waals surface area (Å²) in [6, 6.07) is 8.47. The Bertz CT molecular complexity index is 485. The van der Waals surface area contributed by atoms with E-state index in [4.69, 9.17) is 5.73 Å². The van der Waals surface area contributed by atoms with Crippen molar-refractivity contribution < 1.29 is 4.79 Å². The molecule has 0 bridgehead atoms. The van der Waals surface area contributed by atoms with Crippen molar-refractivity contribution in [3.8, 4) is 0 Å². The van der Waals surface area contributed by atoms with Gasteiger partial charge in [-0.15, -0.1) is 0 Å². The van der Waals surface area contributed by atoms with E-state index in [9.17, 15) is 4.79 Å². The standard InChI is InChI=1S/C16H26N4O/c1-11(20(3)15-7-8-15)10-18-16(21)19-14-6-4-5-13(9-14)12(2)17/h4-6,9,11-12,15H,7-8,10,17H2,1-3H3,(H2,18,19,21).